The molecule has 1 aliphatic rings. The molecule has 0 unspecified atom stereocenters. The summed E-state index contributed by atoms with van der Waals surface area (Å²) in [6.07, 6.45) is 0.824. The lowest BCUT2D eigenvalue weighted by molar-refractivity contribution is -0.125. The van der Waals surface area contributed by atoms with E-state index in [9.17, 15) is 4.79 Å². The quantitative estimate of drug-likeness (QED) is 0.702. The number of rotatable bonds is 8. The average Bonchev–Trinajstić information content (AvgIpc) is 2.91. The summed E-state index contributed by atoms with van der Waals surface area (Å²) in [5.74, 6) is 0.0778. The van der Waals surface area contributed by atoms with Crippen molar-refractivity contribution in [1.29, 1.82) is 0 Å². The fourth-order valence-electron chi connectivity index (χ4n) is 3.16. The third-order valence-electron chi connectivity index (χ3n) is 4.18. The van der Waals surface area contributed by atoms with Crippen LogP contribution in [0.5, 0.6) is 0 Å². The summed E-state index contributed by atoms with van der Waals surface area (Å²) in [6, 6.07) is 8.44. The standard InChI is InChI=1S/C18H28ClN3O2/c1-13(2)21-16-10-17(18(23)20-8-9-24-3)22(12-16)11-14-4-6-15(19)7-5-14/h4-7,13,16-17,21H,8-12H2,1-3H3,(H,20,23)/t16-,17-/m0/s1. The Hall–Kier alpha value is -1.14. The Morgan fingerprint density at radius 1 is 1.38 bits per heavy atom. The number of amides is 1. The molecule has 0 spiro atoms. The Morgan fingerprint density at radius 2 is 2.08 bits per heavy atom. The number of hydrogen-bond donors (Lipinski definition) is 2. The van der Waals surface area contributed by atoms with Gasteiger partial charge < -0.3 is 15.4 Å². The van der Waals surface area contributed by atoms with Crippen LogP contribution in [0.2, 0.25) is 5.02 Å². The normalized spacial score (nSPS) is 21.4. The summed E-state index contributed by atoms with van der Waals surface area (Å²) in [4.78, 5) is 14.8. The van der Waals surface area contributed by atoms with Crippen molar-refractivity contribution in [3.8, 4) is 0 Å². The Kier molecular flexibility index (Phi) is 7.49. The van der Waals surface area contributed by atoms with Crippen molar-refractivity contribution in [2.45, 2.75) is 44.9 Å². The summed E-state index contributed by atoms with van der Waals surface area (Å²) in [5, 5.41) is 7.25. The fraction of sp³-hybridized carbons (Fsp3) is 0.611. The van der Waals surface area contributed by atoms with E-state index in [2.05, 4.69) is 29.4 Å². The first kappa shape index (κ1) is 19.2. The second-order valence-electron chi connectivity index (χ2n) is 6.61. The molecule has 1 saturated heterocycles. The third-order valence-corrected chi connectivity index (χ3v) is 4.43. The Bertz CT molecular complexity index is 522. The van der Waals surface area contributed by atoms with Gasteiger partial charge in [0.1, 0.15) is 0 Å². The van der Waals surface area contributed by atoms with E-state index in [1.807, 2.05) is 24.3 Å². The summed E-state index contributed by atoms with van der Waals surface area (Å²) >= 11 is 5.96. The summed E-state index contributed by atoms with van der Waals surface area (Å²) in [5.41, 5.74) is 1.17. The van der Waals surface area contributed by atoms with Crippen LogP contribution in [0.4, 0.5) is 0 Å². The zero-order chi connectivity index (χ0) is 17.5. The van der Waals surface area contributed by atoms with Crippen molar-refractivity contribution >= 4 is 17.5 Å². The van der Waals surface area contributed by atoms with Crippen LogP contribution in [0.1, 0.15) is 25.8 Å². The first-order valence-corrected chi connectivity index (χ1v) is 8.88. The van der Waals surface area contributed by atoms with E-state index in [1.54, 1.807) is 7.11 Å². The van der Waals surface area contributed by atoms with Gasteiger partial charge in [-0.25, -0.2) is 0 Å². The Balaban J connectivity index is 2.02. The number of likely N-dealkylation sites (tertiary alicyclic amines) is 1. The highest BCUT2D eigenvalue weighted by atomic mass is 35.5. The number of carbonyl (C=O) groups is 1. The van der Waals surface area contributed by atoms with Crippen molar-refractivity contribution < 1.29 is 9.53 Å². The Labute approximate surface area is 149 Å². The van der Waals surface area contributed by atoms with Gasteiger partial charge in [0.2, 0.25) is 5.91 Å². The van der Waals surface area contributed by atoms with Gasteiger partial charge in [-0.2, -0.15) is 0 Å². The van der Waals surface area contributed by atoms with E-state index < -0.39 is 0 Å². The van der Waals surface area contributed by atoms with Gasteiger partial charge in [-0.05, 0) is 24.1 Å². The molecule has 0 saturated carbocycles. The number of ether oxygens (including phenoxy) is 1. The van der Waals surface area contributed by atoms with Crippen LogP contribution in [-0.2, 0) is 16.1 Å². The molecule has 1 amide bonds. The van der Waals surface area contributed by atoms with Crippen LogP contribution >= 0.6 is 11.6 Å². The number of benzene rings is 1. The van der Waals surface area contributed by atoms with E-state index in [1.165, 1.54) is 5.56 Å². The molecule has 1 heterocycles. The number of carbonyl (C=O) groups excluding carboxylic acids is 1. The molecule has 6 heteroatoms. The summed E-state index contributed by atoms with van der Waals surface area (Å²) in [7, 11) is 1.64. The number of methoxy groups -OCH3 is 1. The van der Waals surface area contributed by atoms with Gasteiger partial charge in [-0.1, -0.05) is 37.6 Å². The molecular formula is C18H28ClN3O2. The van der Waals surface area contributed by atoms with Gasteiger partial charge >= 0.3 is 0 Å². The minimum Gasteiger partial charge on any atom is -0.383 e. The number of nitrogens with zero attached hydrogens (tertiary/aromatic N) is 1. The van der Waals surface area contributed by atoms with E-state index in [-0.39, 0.29) is 11.9 Å². The molecule has 1 fully saturated rings. The number of hydrogen-bond acceptors (Lipinski definition) is 4. The van der Waals surface area contributed by atoms with Gasteiger partial charge in [0.25, 0.3) is 0 Å². The number of nitrogens with one attached hydrogen (secondary N) is 2. The lowest BCUT2D eigenvalue weighted by Crippen LogP contribution is -2.43. The molecule has 2 atom stereocenters. The minimum atomic E-state index is -0.117. The molecule has 1 aromatic rings. The first-order chi connectivity index (χ1) is 11.5. The molecule has 0 bridgehead atoms. The first-order valence-electron chi connectivity index (χ1n) is 8.50. The molecule has 2 rings (SSSR count). The van der Waals surface area contributed by atoms with Gasteiger partial charge in [0.05, 0.1) is 12.6 Å². The van der Waals surface area contributed by atoms with E-state index in [0.717, 1.165) is 24.5 Å². The summed E-state index contributed by atoms with van der Waals surface area (Å²) in [6.45, 7) is 6.95. The molecule has 2 N–H and O–H groups in total. The van der Waals surface area contributed by atoms with Gasteiger partial charge in [-0.15, -0.1) is 0 Å². The molecule has 5 nitrogen and oxygen atoms in total. The molecule has 0 aliphatic carbocycles. The van der Waals surface area contributed by atoms with Crippen LogP contribution in [0, 0.1) is 0 Å². The van der Waals surface area contributed by atoms with E-state index in [4.69, 9.17) is 16.3 Å². The van der Waals surface area contributed by atoms with Crippen molar-refractivity contribution in [3.63, 3.8) is 0 Å². The zero-order valence-electron chi connectivity index (χ0n) is 14.7. The van der Waals surface area contributed by atoms with Crippen molar-refractivity contribution in [1.82, 2.24) is 15.5 Å². The maximum atomic E-state index is 12.5. The molecule has 0 radical (unpaired) electrons. The molecule has 134 valence electrons. The zero-order valence-corrected chi connectivity index (χ0v) is 15.5. The second kappa shape index (κ2) is 9.37. The predicted molar refractivity (Wildman–Crippen MR) is 97.2 cm³/mol. The van der Waals surface area contributed by atoms with E-state index in [0.29, 0.717) is 25.2 Å². The van der Waals surface area contributed by atoms with Crippen molar-refractivity contribution in [2.24, 2.45) is 0 Å². The van der Waals surface area contributed by atoms with Crippen molar-refractivity contribution in [3.05, 3.63) is 34.9 Å². The molecule has 0 aromatic heterocycles. The lowest BCUT2D eigenvalue weighted by Gasteiger charge is -2.23. The monoisotopic (exact) mass is 353 g/mol. The fourth-order valence-corrected chi connectivity index (χ4v) is 3.29. The van der Waals surface area contributed by atoms with Gasteiger partial charge in [-0.3, -0.25) is 9.69 Å². The van der Waals surface area contributed by atoms with Crippen LogP contribution in [-0.4, -0.2) is 55.7 Å². The van der Waals surface area contributed by atoms with Crippen LogP contribution in [0.3, 0.4) is 0 Å². The molecule has 24 heavy (non-hydrogen) atoms. The highest BCUT2D eigenvalue weighted by Gasteiger charge is 2.36. The van der Waals surface area contributed by atoms with Crippen molar-refractivity contribution in [2.75, 3.05) is 26.8 Å². The average molecular weight is 354 g/mol. The smallest absolute Gasteiger partial charge is 0.237 e. The third kappa shape index (κ3) is 5.74. The van der Waals surface area contributed by atoms with Crippen LogP contribution in [0.25, 0.3) is 0 Å². The predicted octanol–water partition coefficient (Wildman–Crippen LogP) is 2.04. The van der Waals surface area contributed by atoms with Gasteiger partial charge in [0, 0.05) is 43.9 Å². The Morgan fingerprint density at radius 3 is 2.71 bits per heavy atom. The largest absolute Gasteiger partial charge is 0.383 e. The molecule has 1 aliphatic heterocycles. The maximum Gasteiger partial charge on any atom is 0.237 e. The maximum absolute atomic E-state index is 12.5. The molecular weight excluding hydrogens is 326 g/mol. The minimum absolute atomic E-state index is 0.0778. The van der Waals surface area contributed by atoms with E-state index >= 15 is 0 Å². The number of halogens is 1. The van der Waals surface area contributed by atoms with Crippen LogP contribution in [0.15, 0.2) is 24.3 Å². The topological polar surface area (TPSA) is 53.6 Å². The highest BCUT2D eigenvalue weighted by molar-refractivity contribution is 6.30. The molecule has 1 aromatic carbocycles. The second-order valence-corrected chi connectivity index (χ2v) is 7.05. The van der Waals surface area contributed by atoms with Crippen LogP contribution < -0.4 is 10.6 Å². The summed E-state index contributed by atoms with van der Waals surface area (Å²) < 4.78 is 5.01. The lowest BCUT2D eigenvalue weighted by atomic mass is 10.1. The highest BCUT2D eigenvalue weighted by Crippen LogP contribution is 2.22. The van der Waals surface area contributed by atoms with Gasteiger partial charge in [0.15, 0.2) is 0 Å². The SMILES string of the molecule is COCCNC(=O)[C@@H]1C[C@H](NC(C)C)CN1Cc1ccc(Cl)cc1.